The van der Waals surface area contributed by atoms with Crippen molar-refractivity contribution in [3.63, 3.8) is 0 Å². The molecule has 1 heterocycles. The topological polar surface area (TPSA) is 48.7 Å². The fraction of sp³-hybridized carbons (Fsp3) is 0.250. The zero-order valence-electron chi connectivity index (χ0n) is 6.33. The molecule has 0 fully saturated rings. The van der Waals surface area contributed by atoms with Crippen molar-refractivity contribution in [3.8, 4) is 6.19 Å². The van der Waals surface area contributed by atoms with Crippen molar-refractivity contribution in [2.75, 3.05) is 0 Å². The third-order valence-electron chi connectivity index (χ3n) is 1.51. The molecule has 3 heteroatoms. The van der Waals surface area contributed by atoms with Crippen LogP contribution in [0.2, 0.25) is 0 Å². The summed E-state index contributed by atoms with van der Waals surface area (Å²) < 4.78 is 0. The highest BCUT2D eigenvalue weighted by Gasteiger charge is 1.94. The van der Waals surface area contributed by atoms with Crippen LogP contribution in [0, 0.1) is 18.4 Å². The number of pyridine rings is 1. The van der Waals surface area contributed by atoms with Crippen molar-refractivity contribution in [1.29, 1.82) is 5.26 Å². The first-order chi connectivity index (χ1) is 5.34. The van der Waals surface area contributed by atoms with Gasteiger partial charge in [-0.15, -0.1) is 0 Å². The summed E-state index contributed by atoms with van der Waals surface area (Å²) in [6.07, 6.45) is 5.37. The van der Waals surface area contributed by atoms with E-state index in [0.29, 0.717) is 6.54 Å². The van der Waals surface area contributed by atoms with Crippen LogP contribution in [0.15, 0.2) is 18.5 Å². The third-order valence-corrected chi connectivity index (χ3v) is 1.51. The van der Waals surface area contributed by atoms with E-state index in [2.05, 4.69) is 10.3 Å². The monoisotopic (exact) mass is 147 g/mol. The van der Waals surface area contributed by atoms with E-state index in [-0.39, 0.29) is 0 Å². The minimum absolute atomic E-state index is 0.566. The van der Waals surface area contributed by atoms with Crippen LogP contribution in [0.1, 0.15) is 11.1 Å². The van der Waals surface area contributed by atoms with Crippen molar-refractivity contribution in [2.24, 2.45) is 0 Å². The second kappa shape index (κ2) is 3.57. The highest BCUT2D eigenvalue weighted by Crippen LogP contribution is 2.03. The summed E-state index contributed by atoms with van der Waals surface area (Å²) in [5, 5.41) is 10.8. The quantitative estimate of drug-likeness (QED) is 0.500. The maximum Gasteiger partial charge on any atom is 0.176 e. The van der Waals surface area contributed by atoms with E-state index in [1.807, 2.05) is 19.2 Å². The zero-order valence-corrected chi connectivity index (χ0v) is 6.33. The molecule has 0 saturated heterocycles. The number of aromatic nitrogens is 1. The van der Waals surface area contributed by atoms with Gasteiger partial charge in [-0.2, -0.15) is 5.26 Å². The van der Waals surface area contributed by atoms with E-state index in [4.69, 9.17) is 5.26 Å². The number of aryl methyl sites for hydroxylation is 1. The molecular formula is C8H9N3. The lowest BCUT2D eigenvalue weighted by molar-refractivity contribution is 0.868. The molecule has 0 spiro atoms. The normalized spacial score (nSPS) is 8.73. The molecular weight excluding hydrogens is 138 g/mol. The van der Waals surface area contributed by atoms with Crippen molar-refractivity contribution in [1.82, 2.24) is 10.3 Å². The van der Waals surface area contributed by atoms with Gasteiger partial charge < -0.3 is 5.32 Å². The van der Waals surface area contributed by atoms with Gasteiger partial charge in [0.1, 0.15) is 0 Å². The Bertz CT molecular complexity index is 275. The first-order valence-electron chi connectivity index (χ1n) is 3.36. The Morgan fingerprint density at radius 1 is 1.73 bits per heavy atom. The van der Waals surface area contributed by atoms with Crippen LogP contribution >= 0.6 is 0 Å². The zero-order chi connectivity index (χ0) is 8.10. The highest BCUT2D eigenvalue weighted by atomic mass is 14.8. The van der Waals surface area contributed by atoms with Gasteiger partial charge in [-0.1, -0.05) is 0 Å². The fourth-order valence-electron chi connectivity index (χ4n) is 0.817. The molecule has 0 aliphatic carbocycles. The van der Waals surface area contributed by atoms with Crippen LogP contribution in [-0.2, 0) is 6.54 Å². The van der Waals surface area contributed by atoms with Gasteiger partial charge in [0.25, 0.3) is 0 Å². The Morgan fingerprint density at radius 2 is 2.55 bits per heavy atom. The molecule has 1 rings (SSSR count). The maximum absolute atomic E-state index is 8.24. The predicted octanol–water partition coefficient (Wildman–Crippen LogP) is 0.961. The molecule has 0 aromatic carbocycles. The average Bonchev–Trinajstić information content (AvgIpc) is 2.03. The number of rotatable bonds is 2. The van der Waals surface area contributed by atoms with Crippen molar-refractivity contribution >= 4 is 0 Å². The minimum atomic E-state index is 0.566. The molecule has 0 bridgehead atoms. The van der Waals surface area contributed by atoms with Crippen LogP contribution in [-0.4, -0.2) is 4.98 Å². The van der Waals surface area contributed by atoms with Crippen LogP contribution in [0.4, 0.5) is 0 Å². The van der Waals surface area contributed by atoms with Crippen molar-refractivity contribution in [2.45, 2.75) is 13.5 Å². The van der Waals surface area contributed by atoms with Gasteiger partial charge in [-0.25, -0.2) is 0 Å². The van der Waals surface area contributed by atoms with E-state index < -0.39 is 0 Å². The van der Waals surface area contributed by atoms with Crippen LogP contribution in [0.3, 0.4) is 0 Å². The molecule has 1 aromatic heterocycles. The van der Waals surface area contributed by atoms with E-state index in [1.54, 1.807) is 12.4 Å². The van der Waals surface area contributed by atoms with Gasteiger partial charge in [0.2, 0.25) is 0 Å². The third kappa shape index (κ3) is 1.94. The standard InChI is InChI=1S/C8H9N3/c1-7-2-3-10-4-8(7)5-11-6-9/h2-4,11H,5H2,1H3. The Hall–Kier alpha value is -1.56. The van der Waals surface area contributed by atoms with Crippen LogP contribution in [0.25, 0.3) is 0 Å². The average molecular weight is 147 g/mol. The van der Waals surface area contributed by atoms with Gasteiger partial charge in [-0.3, -0.25) is 4.98 Å². The lowest BCUT2D eigenvalue weighted by atomic mass is 10.2. The lowest BCUT2D eigenvalue weighted by Gasteiger charge is -2.00. The van der Waals surface area contributed by atoms with Crippen molar-refractivity contribution in [3.05, 3.63) is 29.6 Å². The van der Waals surface area contributed by atoms with Gasteiger partial charge in [0, 0.05) is 12.4 Å². The molecule has 1 N–H and O–H groups in total. The van der Waals surface area contributed by atoms with E-state index >= 15 is 0 Å². The molecule has 0 radical (unpaired) electrons. The molecule has 56 valence electrons. The number of nitriles is 1. The molecule has 0 saturated carbocycles. The molecule has 1 aromatic rings. The predicted molar refractivity (Wildman–Crippen MR) is 41.4 cm³/mol. The largest absolute Gasteiger partial charge is 0.319 e. The Kier molecular flexibility index (Phi) is 2.45. The van der Waals surface area contributed by atoms with Gasteiger partial charge in [-0.05, 0) is 24.1 Å². The van der Waals surface area contributed by atoms with Gasteiger partial charge in [0.15, 0.2) is 6.19 Å². The lowest BCUT2D eigenvalue weighted by Crippen LogP contribution is -2.06. The maximum atomic E-state index is 8.24. The highest BCUT2D eigenvalue weighted by molar-refractivity contribution is 5.21. The summed E-state index contributed by atoms with van der Waals surface area (Å²) in [4.78, 5) is 3.95. The smallest absolute Gasteiger partial charge is 0.176 e. The minimum Gasteiger partial charge on any atom is -0.319 e. The molecule has 0 amide bonds. The summed E-state index contributed by atoms with van der Waals surface area (Å²) in [6, 6.07) is 1.92. The van der Waals surface area contributed by atoms with Gasteiger partial charge in [0.05, 0.1) is 6.54 Å². The Labute approximate surface area is 65.7 Å². The first-order valence-corrected chi connectivity index (χ1v) is 3.36. The van der Waals surface area contributed by atoms with Gasteiger partial charge >= 0.3 is 0 Å². The van der Waals surface area contributed by atoms with Crippen molar-refractivity contribution < 1.29 is 0 Å². The van der Waals surface area contributed by atoms with Crippen LogP contribution < -0.4 is 5.32 Å². The number of hydrogen-bond acceptors (Lipinski definition) is 3. The summed E-state index contributed by atoms with van der Waals surface area (Å²) in [7, 11) is 0. The molecule has 3 nitrogen and oxygen atoms in total. The Morgan fingerprint density at radius 3 is 3.18 bits per heavy atom. The van der Waals surface area contributed by atoms with Crippen LogP contribution in [0.5, 0.6) is 0 Å². The second-order valence-corrected chi connectivity index (χ2v) is 2.27. The van der Waals surface area contributed by atoms with E-state index in [9.17, 15) is 0 Å². The first kappa shape index (κ1) is 7.55. The molecule has 11 heavy (non-hydrogen) atoms. The summed E-state index contributed by atoms with van der Waals surface area (Å²) >= 11 is 0. The van der Waals surface area contributed by atoms with E-state index in [1.165, 1.54) is 0 Å². The number of nitrogens with zero attached hydrogens (tertiary/aromatic N) is 2. The molecule has 0 aliphatic heterocycles. The molecule has 0 unspecified atom stereocenters. The number of hydrogen-bond donors (Lipinski definition) is 1. The van der Waals surface area contributed by atoms with E-state index in [0.717, 1.165) is 11.1 Å². The number of nitrogens with one attached hydrogen (secondary N) is 1. The summed E-state index contributed by atoms with van der Waals surface area (Å²) in [5.74, 6) is 0. The summed E-state index contributed by atoms with van der Waals surface area (Å²) in [6.45, 7) is 2.56. The second-order valence-electron chi connectivity index (χ2n) is 2.27. The summed E-state index contributed by atoms with van der Waals surface area (Å²) in [5.41, 5.74) is 2.22. The SMILES string of the molecule is Cc1ccncc1CNC#N. The fourth-order valence-corrected chi connectivity index (χ4v) is 0.817. The Balaban J connectivity index is 2.71. The molecule has 0 aliphatic rings. The molecule has 0 atom stereocenters.